The fraction of sp³-hybridized carbons (Fsp3) is 0.333. The summed E-state index contributed by atoms with van der Waals surface area (Å²) >= 11 is 3.24. The van der Waals surface area contributed by atoms with Gasteiger partial charge in [-0.25, -0.2) is 14.4 Å². The lowest BCUT2D eigenvalue weighted by Gasteiger charge is -2.42. The van der Waals surface area contributed by atoms with E-state index in [1.165, 1.54) is 19.4 Å². The van der Waals surface area contributed by atoms with Gasteiger partial charge < -0.3 is 24.6 Å². The number of hydrogen-bond acceptors (Lipinski definition) is 7. The maximum Gasteiger partial charge on any atom is 0.232 e. The van der Waals surface area contributed by atoms with E-state index in [-0.39, 0.29) is 25.4 Å². The molecule has 1 aliphatic rings. The van der Waals surface area contributed by atoms with Gasteiger partial charge in [0.05, 0.1) is 24.5 Å². The smallest absolute Gasteiger partial charge is 0.232 e. The van der Waals surface area contributed by atoms with Crippen LogP contribution in [0.15, 0.2) is 47.1 Å². The molecule has 0 spiro atoms. The van der Waals surface area contributed by atoms with Crippen molar-refractivity contribution in [1.29, 1.82) is 0 Å². The minimum Gasteiger partial charge on any atom is -0.488 e. The predicted octanol–water partition coefficient (Wildman–Crippen LogP) is 2.92. The molecule has 4 rings (SSSR count). The summed E-state index contributed by atoms with van der Waals surface area (Å²) in [7, 11) is 1.51. The molecule has 30 heavy (non-hydrogen) atoms. The van der Waals surface area contributed by atoms with Crippen LogP contribution in [0.5, 0.6) is 11.6 Å². The first kappa shape index (κ1) is 20.8. The van der Waals surface area contributed by atoms with Crippen LogP contribution >= 0.6 is 15.9 Å². The fourth-order valence-electron chi connectivity index (χ4n) is 3.51. The molecule has 0 unspecified atom stereocenters. The highest BCUT2D eigenvalue weighted by Crippen LogP contribution is 2.31. The van der Waals surface area contributed by atoms with Crippen molar-refractivity contribution in [3.63, 3.8) is 0 Å². The largest absolute Gasteiger partial charge is 0.488 e. The van der Waals surface area contributed by atoms with Crippen LogP contribution in [0.1, 0.15) is 6.42 Å². The average Bonchev–Trinajstić information content (AvgIpc) is 2.74. The Kier molecular flexibility index (Phi) is 5.77. The van der Waals surface area contributed by atoms with Crippen molar-refractivity contribution in [3.05, 3.63) is 52.9 Å². The zero-order chi connectivity index (χ0) is 21.3. The molecule has 1 saturated heterocycles. The number of nitrogens with zero attached hydrogens (tertiary/aromatic N) is 3. The number of anilines is 1. The van der Waals surface area contributed by atoms with Crippen molar-refractivity contribution in [3.8, 4) is 11.6 Å². The summed E-state index contributed by atoms with van der Waals surface area (Å²) < 4.78 is 25.8. The number of benzene rings is 2. The number of para-hydroxylation sites is 1. The number of piperidine rings is 1. The van der Waals surface area contributed by atoms with Crippen LogP contribution in [-0.2, 0) is 0 Å². The van der Waals surface area contributed by atoms with E-state index in [0.717, 1.165) is 0 Å². The normalized spacial score (nSPS) is 21.6. The lowest BCUT2D eigenvalue weighted by Crippen LogP contribution is -2.58. The Balaban J connectivity index is 1.47. The number of rotatable bonds is 5. The van der Waals surface area contributed by atoms with Crippen molar-refractivity contribution in [2.45, 2.75) is 18.1 Å². The average molecular weight is 478 g/mol. The molecule has 0 radical (unpaired) electrons. The molecule has 158 valence electrons. The molecular formula is C21H21BrFN3O4. The van der Waals surface area contributed by atoms with Gasteiger partial charge in [-0.3, -0.25) is 0 Å². The van der Waals surface area contributed by atoms with Gasteiger partial charge in [-0.2, -0.15) is 0 Å². The molecule has 2 N–H and O–H groups in total. The second kappa shape index (κ2) is 8.33. The molecule has 2 aromatic carbocycles. The quantitative estimate of drug-likeness (QED) is 0.583. The Hall–Kier alpha value is -2.49. The molecule has 9 heteroatoms. The summed E-state index contributed by atoms with van der Waals surface area (Å²) in [5.74, 6) is 0.453. The van der Waals surface area contributed by atoms with Gasteiger partial charge in [-0.05, 0) is 36.8 Å². The van der Waals surface area contributed by atoms with Crippen LogP contribution in [0.25, 0.3) is 11.0 Å². The highest BCUT2D eigenvalue weighted by Gasteiger charge is 2.42. The fourth-order valence-corrected chi connectivity index (χ4v) is 3.84. The van der Waals surface area contributed by atoms with Crippen LogP contribution < -0.4 is 14.4 Å². The Morgan fingerprint density at radius 1 is 1.33 bits per heavy atom. The third-order valence-electron chi connectivity index (χ3n) is 5.28. The molecule has 3 aromatic rings. The number of aromatic nitrogens is 2. The molecule has 0 aliphatic carbocycles. The van der Waals surface area contributed by atoms with Gasteiger partial charge in [0, 0.05) is 17.6 Å². The minimum absolute atomic E-state index is 0.0882. The topological polar surface area (TPSA) is 87.9 Å². The van der Waals surface area contributed by atoms with E-state index in [1.807, 2.05) is 0 Å². The summed E-state index contributed by atoms with van der Waals surface area (Å²) in [5.41, 5.74) is 0.0499. The molecule has 2 atom stereocenters. The molecule has 0 saturated carbocycles. The Morgan fingerprint density at radius 3 is 2.90 bits per heavy atom. The predicted molar refractivity (Wildman–Crippen MR) is 113 cm³/mol. The van der Waals surface area contributed by atoms with Crippen molar-refractivity contribution in [2.75, 3.05) is 31.7 Å². The van der Waals surface area contributed by atoms with Crippen LogP contribution in [0, 0.1) is 5.82 Å². The van der Waals surface area contributed by atoms with Gasteiger partial charge in [0.25, 0.3) is 0 Å². The van der Waals surface area contributed by atoms with E-state index in [4.69, 9.17) is 9.47 Å². The first-order valence-corrected chi connectivity index (χ1v) is 10.2. The minimum atomic E-state index is -1.47. The highest BCUT2D eigenvalue weighted by atomic mass is 79.9. The van der Waals surface area contributed by atoms with Gasteiger partial charge in [0.1, 0.15) is 35.4 Å². The molecule has 7 nitrogen and oxygen atoms in total. The number of aliphatic hydroxyl groups is 2. The monoisotopic (exact) mass is 477 g/mol. The third kappa shape index (κ3) is 4.05. The van der Waals surface area contributed by atoms with E-state index >= 15 is 0 Å². The first-order chi connectivity index (χ1) is 14.4. The summed E-state index contributed by atoms with van der Waals surface area (Å²) in [6, 6.07) is 10.0. The molecular weight excluding hydrogens is 457 g/mol. The van der Waals surface area contributed by atoms with E-state index in [1.54, 1.807) is 35.2 Å². The van der Waals surface area contributed by atoms with E-state index in [9.17, 15) is 14.6 Å². The van der Waals surface area contributed by atoms with Crippen LogP contribution in [0.3, 0.4) is 0 Å². The van der Waals surface area contributed by atoms with Crippen LogP contribution in [0.4, 0.5) is 10.1 Å². The number of hydrogen-bond donors (Lipinski definition) is 2. The number of halogens is 2. The molecule has 0 amide bonds. The molecule has 1 aromatic heterocycles. The van der Waals surface area contributed by atoms with Gasteiger partial charge >= 0.3 is 0 Å². The Labute approximate surface area is 181 Å². The molecule has 1 fully saturated rings. The number of methoxy groups -OCH3 is 1. The van der Waals surface area contributed by atoms with Crippen LogP contribution in [-0.4, -0.2) is 58.7 Å². The first-order valence-electron chi connectivity index (χ1n) is 9.42. The number of fused-ring (bicyclic) bond motifs is 1. The zero-order valence-electron chi connectivity index (χ0n) is 16.3. The van der Waals surface area contributed by atoms with E-state index < -0.39 is 11.7 Å². The third-order valence-corrected chi connectivity index (χ3v) is 5.77. The Bertz CT molecular complexity index is 1070. The second-order valence-corrected chi connectivity index (χ2v) is 8.15. The zero-order valence-corrected chi connectivity index (χ0v) is 17.8. The Morgan fingerprint density at radius 2 is 2.17 bits per heavy atom. The lowest BCUT2D eigenvalue weighted by atomic mass is 9.89. The SMILES string of the molecule is COc1cnc2c(OC[C@]3(O)CCN(c4ccc(Br)cc4F)C[C@H]3O)cccc2n1. The summed E-state index contributed by atoms with van der Waals surface area (Å²) in [5, 5.41) is 21.6. The number of β-amino-alcohol motifs (C(OH)–C–C–N with tert-alkyl or cyclic N) is 1. The van der Waals surface area contributed by atoms with Crippen LogP contribution in [0.2, 0.25) is 0 Å². The summed E-state index contributed by atoms with van der Waals surface area (Å²) in [4.78, 5) is 10.4. The molecule has 1 aliphatic heterocycles. The van der Waals surface area contributed by atoms with Crippen molar-refractivity contribution in [1.82, 2.24) is 9.97 Å². The molecule has 2 heterocycles. The van der Waals surface area contributed by atoms with E-state index in [2.05, 4.69) is 25.9 Å². The molecule has 0 bridgehead atoms. The number of aliphatic hydroxyl groups excluding tert-OH is 1. The van der Waals surface area contributed by atoms with Gasteiger partial charge in [-0.1, -0.05) is 22.0 Å². The van der Waals surface area contributed by atoms with Gasteiger partial charge in [0.15, 0.2) is 0 Å². The highest BCUT2D eigenvalue weighted by molar-refractivity contribution is 9.10. The van der Waals surface area contributed by atoms with Gasteiger partial charge in [-0.15, -0.1) is 0 Å². The lowest BCUT2D eigenvalue weighted by molar-refractivity contribution is -0.108. The summed E-state index contributed by atoms with van der Waals surface area (Å²) in [6.07, 6.45) is 0.591. The van der Waals surface area contributed by atoms with Crippen molar-refractivity contribution in [2.24, 2.45) is 0 Å². The van der Waals surface area contributed by atoms with Crippen molar-refractivity contribution >= 4 is 32.7 Å². The van der Waals surface area contributed by atoms with Gasteiger partial charge in [0.2, 0.25) is 5.88 Å². The standard InChI is InChI=1S/C21H21BrFN3O4/c1-29-19-10-24-20-15(25-19)3-2-4-17(20)30-12-21(28)7-8-26(11-18(21)27)16-6-5-13(22)9-14(16)23/h2-6,9-10,18,27-28H,7-8,11-12H2,1H3/t18-,21-/m1/s1. The summed E-state index contributed by atoms with van der Waals surface area (Å²) in [6.45, 7) is 0.338. The maximum atomic E-state index is 14.3. The number of ether oxygens (including phenoxy) is 2. The maximum absolute atomic E-state index is 14.3. The van der Waals surface area contributed by atoms with Crippen molar-refractivity contribution < 1.29 is 24.1 Å². The van der Waals surface area contributed by atoms with E-state index in [0.29, 0.717) is 39.4 Å². The second-order valence-electron chi connectivity index (χ2n) is 7.24.